The van der Waals surface area contributed by atoms with Gasteiger partial charge in [-0.15, -0.1) is 0 Å². The van der Waals surface area contributed by atoms with Crippen LogP contribution in [0.3, 0.4) is 0 Å². The summed E-state index contributed by atoms with van der Waals surface area (Å²) >= 11 is 0. The first kappa shape index (κ1) is 19.2. The summed E-state index contributed by atoms with van der Waals surface area (Å²) in [6.07, 6.45) is 2.87. The van der Waals surface area contributed by atoms with Crippen LogP contribution in [-0.2, 0) is 14.3 Å². The third kappa shape index (κ3) is 3.48. The molecular formula is C19H16FN7O3. The molecule has 0 fully saturated rings. The normalized spacial score (nSPS) is 10.9. The molecule has 1 N–H and O–H groups in total. The number of rotatable bonds is 4. The van der Waals surface area contributed by atoms with E-state index in [1.807, 2.05) is 0 Å². The van der Waals surface area contributed by atoms with E-state index in [0.717, 1.165) is 0 Å². The van der Waals surface area contributed by atoms with Crippen molar-refractivity contribution in [3.05, 3.63) is 54.4 Å². The molecule has 4 rings (SSSR count). The van der Waals surface area contributed by atoms with E-state index >= 15 is 0 Å². The second-order valence-corrected chi connectivity index (χ2v) is 6.22. The van der Waals surface area contributed by atoms with E-state index in [0.29, 0.717) is 28.2 Å². The van der Waals surface area contributed by atoms with Gasteiger partial charge in [0.1, 0.15) is 18.0 Å². The molecule has 3 aromatic heterocycles. The van der Waals surface area contributed by atoms with Gasteiger partial charge in [-0.2, -0.15) is 14.9 Å². The Hall–Kier alpha value is -4.15. The molecular weight excluding hydrogens is 393 g/mol. The summed E-state index contributed by atoms with van der Waals surface area (Å²) < 4.78 is 20.9. The number of aromatic nitrogens is 6. The Bertz CT molecular complexity index is 1250. The minimum absolute atomic E-state index is 0.0830. The number of amides is 1. The molecule has 0 spiro atoms. The van der Waals surface area contributed by atoms with E-state index < -0.39 is 11.9 Å². The molecule has 0 bridgehead atoms. The van der Waals surface area contributed by atoms with E-state index in [2.05, 4.69) is 25.5 Å². The average molecular weight is 409 g/mol. The van der Waals surface area contributed by atoms with Crippen molar-refractivity contribution in [2.75, 3.05) is 11.9 Å². The van der Waals surface area contributed by atoms with Gasteiger partial charge in [-0.05, 0) is 38.1 Å². The summed E-state index contributed by atoms with van der Waals surface area (Å²) in [7, 11) is 0. The molecule has 0 atom stereocenters. The predicted molar refractivity (Wildman–Crippen MR) is 104 cm³/mol. The van der Waals surface area contributed by atoms with Gasteiger partial charge in [-0.25, -0.2) is 23.8 Å². The maximum absolute atomic E-state index is 13.2. The fraction of sp³-hybridized carbons (Fsp3) is 0.158. The molecule has 0 aliphatic carbocycles. The Morgan fingerprint density at radius 3 is 2.67 bits per heavy atom. The van der Waals surface area contributed by atoms with E-state index in [-0.39, 0.29) is 18.2 Å². The van der Waals surface area contributed by atoms with Crippen LogP contribution in [-0.4, -0.2) is 48.0 Å². The zero-order valence-electron chi connectivity index (χ0n) is 16.0. The lowest BCUT2D eigenvalue weighted by atomic mass is 10.3. The third-order valence-electron chi connectivity index (χ3n) is 4.15. The molecule has 1 aromatic carbocycles. The summed E-state index contributed by atoms with van der Waals surface area (Å²) in [5.41, 5.74) is 1.66. The SMILES string of the molecule is CCOC(=O)C(=O)Nc1cc(C)nn1-c1ncnc2c1cnn2-c1ccc(F)cc1. The van der Waals surface area contributed by atoms with Crippen LogP contribution >= 0.6 is 0 Å². The van der Waals surface area contributed by atoms with E-state index in [1.165, 1.54) is 27.8 Å². The van der Waals surface area contributed by atoms with Crippen LogP contribution in [0.5, 0.6) is 0 Å². The van der Waals surface area contributed by atoms with Crippen LogP contribution in [0.25, 0.3) is 22.5 Å². The number of halogens is 1. The fourth-order valence-electron chi connectivity index (χ4n) is 2.89. The van der Waals surface area contributed by atoms with Gasteiger partial charge in [0.05, 0.1) is 29.6 Å². The summed E-state index contributed by atoms with van der Waals surface area (Å²) in [4.78, 5) is 32.3. The van der Waals surface area contributed by atoms with Gasteiger partial charge in [0, 0.05) is 6.07 Å². The maximum Gasteiger partial charge on any atom is 0.397 e. The highest BCUT2D eigenvalue weighted by Crippen LogP contribution is 2.24. The lowest BCUT2D eigenvalue weighted by Crippen LogP contribution is -2.26. The molecule has 1 amide bonds. The number of hydrogen-bond donors (Lipinski definition) is 1. The third-order valence-corrected chi connectivity index (χ3v) is 4.15. The van der Waals surface area contributed by atoms with Gasteiger partial charge in [0.25, 0.3) is 0 Å². The van der Waals surface area contributed by atoms with Crippen molar-refractivity contribution in [3.63, 3.8) is 0 Å². The predicted octanol–water partition coefficient (Wildman–Crippen LogP) is 1.95. The molecule has 3 heterocycles. The highest BCUT2D eigenvalue weighted by molar-refractivity contribution is 6.37. The summed E-state index contributed by atoms with van der Waals surface area (Å²) in [6, 6.07) is 7.39. The molecule has 0 unspecified atom stereocenters. The Balaban J connectivity index is 1.77. The first-order chi connectivity index (χ1) is 14.5. The molecule has 0 saturated carbocycles. The van der Waals surface area contributed by atoms with Gasteiger partial charge >= 0.3 is 11.9 Å². The molecule has 0 radical (unpaired) electrons. The Morgan fingerprint density at radius 1 is 1.17 bits per heavy atom. The Kier molecular flexibility index (Phi) is 4.92. The Morgan fingerprint density at radius 2 is 1.93 bits per heavy atom. The lowest BCUT2D eigenvalue weighted by Gasteiger charge is -2.09. The van der Waals surface area contributed by atoms with Crippen LogP contribution in [0.2, 0.25) is 0 Å². The Labute approximate surface area is 169 Å². The first-order valence-electron chi connectivity index (χ1n) is 8.97. The summed E-state index contributed by atoms with van der Waals surface area (Å²) in [5.74, 6) is -1.70. The van der Waals surface area contributed by atoms with Gasteiger partial charge in [-0.1, -0.05) is 0 Å². The van der Waals surface area contributed by atoms with Gasteiger partial charge in [-0.3, -0.25) is 4.79 Å². The topological polar surface area (TPSA) is 117 Å². The molecule has 11 heteroatoms. The number of anilines is 1. The number of aryl methyl sites for hydroxylation is 1. The van der Waals surface area contributed by atoms with Crippen molar-refractivity contribution in [1.29, 1.82) is 0 Å². The van der Waals surface area contributed by atoms with E-state index in [1.54, 1.807) is 38.2 Å². The van der Waals surface area contributed by atoms with Crippen molar-refractivity contribution < 1.29 is 18.7 Å². The molecule has 10 nitrogen and oxygen atoms in total. The van der Waals surface area contributed by atoms with E-state index in [9.17, 15) is 14.0 Å². The summed E-state index contributed by atoms with van der Waals surface area (Å²) in [5, 5.41) is 11.7. The van der Waals surface area contributed by atoms with Gasteiger partial charge in [0.2, 0.25) is 0 Å². The highest BCUT2D eigenvalue weighted by Gasteiger charge is 2.21. The highest BCUT2D eigenvalue weighted by atomic mass is 19.1. The minimum Gasteiger partial charge on any atom is -0.459 e. The molecule has 152 valence electrons. The zero-order valence-corrected chi connectivity index (χ0v) is 16.0. The monoisotopic (exact) mass is 409 g/mol. The van der Waals surface area contributed by atoms with Crippen molar-refractivity contribution in [2.45, 2.75) is 13.8 Å². The van der Waals surface area contributed by atoms with Crippen LogP contribution in [0.1, 0.15) is 12.6 Å². The van der Waals surface area contributed by atoms with Crippen LogP contribution in [0, 0.1) is 12.7 Å². The van der Waals surface area contributed by atoms with Crippen LogP contribution in [0.15, 0.2) is 42.9 Å². The number of benzene rings is 1. The van der Waals surface area contributed by atoms with Crippen LogP contribution < -0.4 is 5.32 Å². The maximum atomic E-state index is 13.2. The molecule has 0 aliphatic rings. The van der Waals surface area contributed by atoms with Gasteiger partial charge < -0.3 is 10.1 Å². The summed E-state index contributed by atoms with van der Waals surface area (Å²) in [6.45, 7) is 3.42. The van der Waals surface area contributed by atoms with Crippen molar-refractivity contribution in [1.82, 2.24) is 29.5 Å². The average Bonchev–Trinajstić information content (AvgIpc) is 3.32. The number of ether oxygens (including phenoxy) is 1. The number of carbonyl (C=O) groups is 2. The lowest BCUT2D eigenvalue weighted by molar-refractivity contribution is -0.152. The molecule has 0 aliphatic heterocycles. The fourth-order valence-corrected chi connectivity index (χ4v) is 2.89. The number of esters is 1. The smallest absolute Gasteiger partial charge is 0.397 e. The van der Waals surface area contributed by atoms with Crippen molar-refractivity contribution >= 4 is 28.7 Å². The first-order valence-corrected chi connectivity index (χ1v) is 8.97. The molecule has 0 saturated heterocycles. The van der Waals surface area contributed by atoms with Gasteiger partial charge in [0.15, 0.2) is 11.5 Å². The second kappa shape index (κ2) is 7.70. The number of nitrogens with zero attached hydrogens (tertiary/aromatic N) is 6. The number of carbonyl (C=O) groups excluding carboxylic acids is 2. The zero-order chi connectivity index (χ0) is 21.3. The standard InChI is InChI=1S/C19H16FN7O3/c1-3-30-19(29)18(28)24-15-8-11(2)25-27(15)17-14-9-23-26(16(14)21-10-22-17)13-6-4-12(20)5-7-13/h4-10H,3H2,1-2H3,(H,24,28). The van der Waals surface area contributed by atoms with E-state index in [4.69, 9.17) is 4.74 Å². The number of hydrogen-bond acceptors (Lipinski definition) is 7. The molecule has 4 aromatic rings. The molecule has 30 heavy (non-hydrogen) atoms. The number of nitrogens with one attached hydrogen (secondary N) is 1. The van der Waals surface area contributed by atoms with Crippen LogP contribution in [0.4, 0.5) is 10.2 Å². The van der Waals surface area contributed by atoms with Crippen molar-refractivity contribution in [3.8, 4) is 11.5 Å². The van der Waals surface area contributed by atoms with Crippen molar-refractivity contribution in [2.24, 2.45) is 0 Å². The quantitative estimate of drug-likeness (QED) is 0.404. The largest absolute Gasteiger partial charge is 0.459 e. The number of fused-ring (bicyclic) bond motifs is 1. The minimum atomic E-state index is -1.00. The second-order valence-electron chi connectivity index (χ2n) is 6.22.